The zero-order valence-electron chi connectivity index (χ0n) is 16.8. The third-order valence-electron chi connectivity index (χ3n) is 3.58. The lowest BCUT2D eigenvalue weighted by Gasteiger charge is -2.14. The van der Waals surface area contributed by atoms with E-state index >= 15 is 0 Å². The van der Waals surface area contributed by atoms with Crippen LogP contribution in [0.2, 0.25) is 5.02 Å². The van der Waals surface area contributed by atoms with Gasteiger partial charge in [-0.25, -0.2) is 9.78 Å². The van der Waals surface area contributed by atoms with E-state index in [9.17, 15) is 4.79 Å². The molecule has 9 heteroatoms. The molecule has 0 spiro atoms. The van der Waals surface area contributed by atoms with E-state index in [2.05, 4.69) is 20.6 Å². The van der Waals surface area contributed by atoms with Crippen LogP contribution in [-0.2, 0) is 4.74 Å². The topological polar surface area (TPSA) is 106 Å². The van der Waals surface area contributed by atoms with Gasteiger partial charge in [-0.05, 0) is 36.4 Å². The predicted octanol–water partition coefficient (Wildman–Crippen LogP) is 5.32. The van der Waals surface area contributed by atoms with Gasteiger partial charge < -0.3 is 25.2 Å². The molecule has 0 bridgehead atoms. The molecular formula is C21H23ClN4O4. The lowest BCUT2D eigenvalue weighted by atomic mass is 10.2. The fourth-order valence-electron chi connectivity index (χ4n) is 2.34. The predicted molar refractivity (Wildman–Crippen MR) is 117 cm³/mol. The van der Waals surface area contributed by atoms with E-state index in [-0.39, 0.29) is 12.4 Å². The number of methoxy groups -OCH3 is 1. The van der Waals surface area contributed by atoms with E-state index in [1.165, 1.54) is 19.2 Å². The Kier molecular flexibility index (Phi) is 8.86. The molecule has 1 aromatic heterocycles. The molecule has 0 aliphatic carbocycles. The van der Waals surface area contributed by atoms with Gasteiger partial charge in [-0.15, -0.1) is 0 Å². The molecule has 0 unspecified atom stereocenters. The number of anilines is 4. The maximum absolute atomic E-state index is 11.1. The van der Waals surface area contributed by atoms with Crippen LogP contribution in [0.4, 0.5) is 23.1 Å². The van der Waals surface area contributed by atoms with Gasteiger partial charge in [-0.2, -0.15) is 4.98 Å². The monoisotopic (exact) mass is 430 g/mol. The molecule has 0 aliphatic heterocycles. The third kappa shape index (κ3) is 6.33. The Hall–Kier alpha value is -3.36. The van der Waals surface area contributed by atoms with Crippen molar-refractivity contribution in [1.82, 2.24) is 9.97 Å². The van der Waals surface area contributed by atoms with Gasteiger partial charge in [0.15, 0.2) is 6.79 Å². The van der Waals surface area contributed by atoms with E-state index < -0.39 is 5.97 Å². The molecule has 2 aromatic carbocycles. The zero-order valence-corrected chi connectivity index (χ0v) is 17.6. The van der Waals surface area contributed by atoms with Crippen LogP contribution < -0.4 is 15.4 Å². The van der Waals surface area contributed by atoms with E-state index in [0.29, 0.717) is 33.9 Å². The second-order valence-electron chi connectivity index (χ2n) is 5.57. The summed E-state index contributed by atoms with van der Waals surface area (Å²) in [5.41, 5.74) is 1.26. The summed E-state index contributed by atoms with van der Waals surface area (Å²) in [6.07, 6.45) is 1.56. The first-order valence-corrected chi connectivity index (χ1v) is 9.55. The fraction of sp³-hybridized carbons (Fsp3) is 0.190. The number of carboxylic acid groups (broad SMARTS) is 1. The molecule has 3 rings (SSSR count). The van der Waals surface area contributed by atoms with Crippen molar-refractivity contribution in [3.8, 4) is 5.75 Å². The third-order valence-corrected chi connectivity index (χ3v) is 3.90. The average molecular weight is 431 g/mol. The van der Waals surface area contributed by atoms with Gasteiger partial charge in [0.05, 0.1) is 10.6 Å². The summed E-state index contributed by atoms with van der Waals surface area (Å²) >= 11 is 6.28. The highest BCUT2D eigenvalue weighted by Gasteiger charge is 2.11. The minimum atomic E-state index is -1.01. The number of rotatable bonds is 8. The molecule has 3 N–H and O–H groups in total. The van der Waals surface area contributed by atoms with Crippen LogP contribution in [0.25, 0.3) is 0 Å². The number of aromatic nitrogens is 2. The van der Waals surface area contributed by atoms with E-state index in [0.717, 1.165) is 0 Å². The highest BCUT2D eigenvalue weighted by atomic mass is 35.5. The quantitative estimate of drug-likeness (QED) is 0.412. The molecule has 1 heterocycles. The number of para-hydroxylation sites is 1. The van der Waals surface area contributed by atoms with Crippen molar-refractivity contribution < 1.29 is 19.4 Å². The molecule has 8 nitrogen and oxygen atoms in total. The minimum Gasteiger partial charge on any atom is -0.478 e. The molecule has 0 atom stereocenters. The lowest BCUT2D eigenvalue weighted by molar-refractivity contribution is 0.0516. The number of halogens is 1. The van der Waals surface area contributed by atoms with Crippen LogP contribution in [0.3, 0.4) is 0 Å². The van der Waals surface area contributed by atoms with Crippen molar-refractivity contribution in [2.75, 3.05) is 24.5 Å². The van der Waals surface area contributed by atoms with Crippen molar-refractivity contribution in [3.63, 3.8) is 0 Å². The van der Waals surface area contributed by atoms with Crippen molar-refractivity contribution in [2.45, 2.75) is 13.8 Å². The fourth-order valence-corrected chi connectivity index (χ4v) is 2.56. The van der Waals surface area contributed by atoms with Crippen molar-refractivity contribution in [3.05, 3.63) is 65.3 Å². The average Bonchev–Trinajstić information content (AvgIpc) is 2.76. The van der Waals surface area contributed by atoms with Crippen LogP contribution in [0.1, 0.15) is 24.2 Å². The molecule has 0 fully saturated rings. The Labute approximate surface area is 179 Å². The van der Waals surface area contributed by atoms with E-state index in [4.69, 9.17) is 26.2 Å². The number of ether oxygens (including phenoxy) is 2. The second-order valence-corrected chi connectivity index (χ2v) is 5.97. The zero-order chi connectivity index (χ0) is 21.9. The van der Waals surface area contributed by atoms with Gasteiger partial charge in [0.1, 0.15) is 17.3 Å². The van der Waals surface area contributed by atoms with Crippen LogP contribution in [0.15, 0.2) is 54.7 Å². The SMILES string of the molecule is CC.COCOc1cccc(Cl)c1Nc1ccnc(Nc2cccc(C(=O)O)c2)n1. The molecule has 3 aromatic rings. The molecule has 0 saturated heterocycles. The summed E-state index contributed by atoms with van der Waals surface area (Å²) in [5.74, 6) is 0.264. The smallest absolute Gasteiger partial charge is 0.335 e. The van der Waals surface area contributed by atoms with Gasteiger partial charge in [-0.3, -0.25) is 0 Å². The second kappa shape index (κ2) is 11.6. The Morgan fingerprint density at radius 3 is 2.63 bits per heavy atom. The molecular weight excluding hydrogens is 408 g/mol. The van der Waals surface area contributed by atoms with Crippen LogP contribution in [0, 0.1) is 0 Å². The van der Waals surface area contributed by atoms with Gasteiger partial charge in [0.25, 0.3) is 0 Å². The largest absolute Gasteiger partial charge is 0.478 e. The number of carbonyl (C=O) groups is 1. The van der Waals surface area contributed by atoms with Gasteiger partial charge in [0.2, 0.25) is 5.95 Å². The van der Waals surface area contributed by atoms with E-state index in [1.54, 1.807) is 42.6 Å². The summed E-state index contributed by atoms with van der Waals surface area (Å²) in [7, 11) is 1.53. The Bertz CT molecular complexity index is 985. The summed E-state index contributed by atoms with van der Waals surface area (Å²) < 4.78 is 10.4. The maximum atomic E-state index is 11.1. The first-order chi connectivity index (χ1) is 14.6. The summed E-state index contributed by atoms with van der Waals surface area (Å²) in [6, 6.07) is 13.3. The number of aromatic carboxylic acids is 1. The Morgan fingerprint density at radius 2 is 1.90 bits per heavy atom. The first kappa shape index (κ1) is 22.9. The number of nitrogens with zero attached hydrogens (tertiary/aromatic N) is 2. The lowest BCUT2D eigenvalue weighted by Crippen LogP contribution is -2.04. The molecule has 0 aliphatic rings. The number of nitrogens with one attached hydrogen (secondary N) is 2. The van der Waals surface area contributed by atoms with Crippen LogP contribution >= 0.6 is 11.6 Å². The molecule has 158 valence electrons. The Morgan fingerprint density at radius 1 is 1.13 bits per heavy atom. The van der Waals surface area contributed by atoms with Gasteiger partial charge in [0, 0.05) is 19.0 Å². The van der Waals surface area contributed by atoms with Crippen molar-refractivity contribution in [1.29, 1.82) is 0 Å². The minimum absolute atomic E-state index is 0.0749. The molecule has 0 amide bonds. The van der Waals surface area contributed by atoms with Crippen LogP contribution in [-0.4, -0.2) is 34.9 Å². The first-order valence-electron chi connectivity index (χ1n) is 9.17. The van der Waals surface area contributed by atoms with Gasteiger partial charge >= 0.3 is 5.97 Å². The number of benzene rings is 2. The molecule has 0 radical (unpaired) electrons. The van der Waals surface area contributed by atoms with Crippen molar-refractivity contribution in [2.24, 2.45) is 0 Å². The summed E-state index contributed by atoms with van der Waals surface area (Å²) in [4.78, 5) is 19.6. The van der Waals surface area contributed by atoms with Crippen LogP contribution in [0.5, 0.6) is 5.75 Å². The number of hydrogen-bond acceptors (Lipinski definition) is 7. The Balaban J connectivity index is 0.00000155. The highest BCUT2D eigenvalue weighted by molar-refractivity contribution is 6.33. The number of hydrogen-bond donors (Lipinski definition) is 3. The number of carboxylic acids is 1. The molecule has 0 saturated carbocycles. The maximum Gasteiger partial charge on any atom is 0.335 e. The standard InChI is InChI=1S/C19H17ClN4O4.C2H6/c1-27-11-28-15-7-3-6-14(20)17(15)23-16-8-9-21-19(24-16)22-13-5-2-4-12(10-13)18(25)26;1-2/h2-10H,11H2,1H3,(H,25,26)(H2,21,22,23,24);1-2H3. The molecule has 30 heavy (non-hydrogen) atoms. The van der Waals surface area contributed by atoms with E-state index in [1.807, 2.05) is 13.8 Å². The summed E-state index contributed by atoms with van der Waals surface area (Å²) in [6.45, 7) is 4.07. The van der Waals surface area contributed by atoms with Crippen molar-refractivity contribution >= 4 is 40.7 Å². The normalized spacial score (nSPS) is 9.87. The van der Waals surface area contributed by atoms with Gasteiger partial charge in [-0.1, -0.05) is 37.6 Å². The highest BCUT2D eigenvalue weighted by Crippen LogP contribution is 2.34. The summed E-state index contributed by atoms with van der Waals surface area (Å²) in [5, 5.41) is 15.6.